The molecule has 0 saturated carbocycles. The highest BCUT2D eigenvalue weighted by molar-refractivity contribution is 5.81. The van der Waals surface area contributed by atoms with Gasteiger partial charge >= 0.3 is 0 Å². The quantitative estimate of drug-likeness (QED) is 0.399. The summed E-state index contributed by atoms with van der Waals surface area (Å²) in [6.07, 6.45) is 3.41. The molecule has 30 heavy (non-hydrogen) atoms. The first-order valence-electron chi connectivity index (χ1n) is 10.3. The van der Waals surface area contributed by atoms with Gasteiger partial charge in [0.1, 0.15) is 12.2 Å². The number of nitrogens with zero attached hydrogens (tertiary/aromatic N) is 1. The minimum absolute atomic E-state index is 0.0286. The van der Waals surface area contributed by atoms with Gasteiger partial charge in [0, 0.05) is 0 Å². The zero-order valence-corrected chi connectivity index (χ0v) is 18.0. The van der Waals surface area contributed by atoms with E-state index >= 15 is 0 Å². The lowest BCUT2D eigenvalue weighted by Gasteiger charge is -2.28. The smallest absolute Gasteiger partial charge is 0.255 e. The number of aromatic nitrogens is 1. The largest absolute Gasteiger partial charge is 0.448 e. The molecular weight excluding hydrogens is 376 g/mol. The van der Waals surface area contributed by atoms with Crippen molar-refractivity contribution in [2.24, 2.45) is 0 Å². The van der Waals surface area contributed by atoms with E-state index in [2.05, 4.69) is 69.1 Å². The predicted molar refractivity (Wildman–Crippen MR) is 117 cm³/mol. The molecule has 3 rings (SSSR count). The third-order valence-electron chi connectivity index (χ3n) is 5.80. The molecule has 0 bridgehead atoms. The molecule has 0 aliphatic rings. The van der Waals surface area contributed by atoms with E-state index in [1.807, 2.05) is 18.2 Å². The van der Waals surface area contributed by atoms with Crippen molar-refractivity contribution < 1.29 is 14.4 Å². The first kappa shape index (κ1) is 21.8. The van der Waals surface area contributed by atoms with Gasteiger partial charge in [-0.15, -0.1) is 0 Å². The normalized spacial score (nSPS) is 14.7. The second-order valence-corrected chi connectivity index (χ2v) is 8.81. The molecule has 3 unspecified atom stereocenters. The zero-order chi connectivity index (χ0) is 21.7. The standard InChI is InChI=1S/C25H30N2O3/c1-17(18-10-12-20(13-11-18)25(2,3)4)21(19-8-6-5-7-9-19)16-22(23(28)27-29)24-26-14-15-30-24/h5-15,17,21-22,29H,16H2,1-4H3,(H,27,28). The first-order chi connectivity index (χ1) is 14.3. The van der Waals surface area contributed by atoms with Crippen LogP contribution >= 0.6 is 0 Å². The molecule has 1 aromatic heterocycles. The van der Waals surface area contributed by atoms with Gasteiger partial charge in [0.2, 0.25) is 5.89 Å². The number of carbonyl (C=O) groups excluding carboxylic acids is 1. The molecule has 2 N–H and O–H groups in total. The fourth-order valence-electron chi connectivity index (χ4n) is 3.91. The van der Waals surface area contributed by atoms with E-state index in [0.717, 1.165) is 5.56 Å². The lowest BCUT2D eigenvalue weighted by atomic mass is 9.76. The van der Waals surface area contributed by atoms with Crippen LogP contribution in [0.5, 0.6) is 0 Å². The molecular formula is C25H30N2O3. The van der Waals surface area contributed by atoms with Crippen LogP contribution in [0, 0.1) is 0 Å². The molecule has 0 aliphatic carbocycles. The fourth-order valence-corrected chi connectivity index (χ4v) is 3.91. The van der Waals surface area contributed by atoms with Gasteiger partial charge < -0.3 is 4.42 Å². The van der Waals surface area contributed by atoms with Gasteiger partial charge in [0.25, 0.3) is 5.91 Å². The first-order valence-corrected chi connectivity index (χ1v) is 10.3. The number of carbonyl (C=O) groups is 1. The van der Waals surface area contributed by atoms with Crippen molar-refractivity contribution >= 4 is 5.91 Å². The zero-order valence-electron chi connectivity index (χ0n) is 18.0. The molecule has 2 aromatic carbocycles. The number of benzene rings is 2. The van der Waals surface area contributed by atoms with Crippen molar-refractivity contribution in [3.63, 3.8) is 0 Å². The minimum atomic E-state index is -0.688. The van der Waals surface area contributed by atoms with Crippen molar-refractivity contribution in [1.82, 2.24) is 10.5 Å². The van der Waals surface area contributed by atoms with Crippen LogP contribution in [0.4, 0.5) is 0 Å². The molecule has 0 fully saturated rings. The summed E-state index contributed by atoms with van der Waals surface area (Å²) in [6.45, 7) is 8.78. The van der Waals surface area contributed by atoms with Gasteiger partial charge in [-0.25, -0.2) is 10.5 Å². The lowest BCUT2D eigenvalue weighted by molar-refractivity contribution is -0.131. The van der Waals surface area contributed by atoms with E-state index in [-0.39, 0.29) is 17.3 Å². The highest BCUT2D eigenvalue weighted by atomic mass is 16.5. The molecule has 3 aromatic rings. The molecule has 1 heterocycles. The molecule has 5 nitrogen and oxygen atoms in total. The van der Waals surface area contributed by atoms with Crippen LogP contribution in [-0.2, 0) is 10.2 Å². The molecule has 0 saturated heterocycles. The molecule has 0 radical (unpaired) electrons. The Bertz CT molecular complexity index is 929. The average Bonchev–Trinajstić information content (AvgIpc) is 3.28. The fraction of sp³-hybridized carbons (Fsp3) is 0.360. The van der Waals surface area contributed by atoms with Crippen molar-refractivity contribution in [2.45, 2.75) is 57.3 Å². The maximum absolute atomic E-state index is 12.4. The van der Waals surface area contributed by atoms with Crippen LogP contribution in [0.1, 0.15) is 74.5 Å². The van der Waals surface area contributed by atoms with Crippen molar-refractivity contribution in [3.8, 4) is 0 Å². The monoisotopic (exact) mass is 406 g/mol. The Balaban J connectivity index is 1.95. The molecule has 3 atom stereocenters. The molecule has 158 valence electrons. The minimum Gasteiger partial charge on any atom is -0.448 e. The van der Waals surface area contributed by atoms with Crippen LogP contribution in [-0.4, -0.2) is 16.1 Å². The molecule has 5 heteroatoms. The van der Waals surface area contributed by atoms with E-state index in [0.29, 0.717) is 12.3 Å². The van der Waals surface area contributed by atoms with E-state index < -0.39 is 11.8 Å². The van der Waals surface area contributed by atoms with Gasteiger partial charge in [-0.3, -0.25) is 10.0 Å². The highest BCUT2D eigenvalue weighted by Gasteiger charge is 2.32. The second kappa shape index (κ2) is 9.26. The van der Waals surface area contributed by atoms with E-state index in [1.54, 1.807) is 5.48 Å². The summed E-state index contributed by atoms with van der Waals surface area (Å²) in [5, 5.41) is 9.28. The predicted octanol–water partition coefficient (Wildman–Crippen LogP) is 5.54. The van der Waals surface area contributed by atoms with E-state index in [4.69, 9.17) is 4.42 Å². The van der Waals surface area contributed by atoms with Crippen LogP contribution < -0.4 is 5.48 Å². The number of rotatable bonds is 7. The van der Waals surface area contributed by atoms with Crippen molar-refractivity contribution in [3.05, 3.63) is 89.6 Å². The Labute approximate surface area is 178 Å². The number of amides is 1. The van der Waals surface area contributed by atoms with Crippen LogP contribution in [0.25, 0.3) is 0 Å². The summed E-state index contributed by atoms with van der Waals surface area (Å²) in [5.41, 5.74) is 5.48. The third kappa shape index (κ3) is 4.97. The Hall–Kier alpha value is -2.92. The summed E-state index contributed by atoms with van der Waals surface area (Å²) in [5.74, 6) is -0.732. The molecule has 0 aliphatic heterocycles. The van der Waals surface area contributed by atoms with E-state index in [1.165, 1.54) is 23.6 Å². The number of nitrogens with one attached hydrogen (secondary N) is 1. The van der Waals surface area contributed by atoms with Crippen LogP contribution in [0.2, 0.25) is 0 Å². The number of oxazole rings is 1. The average molecular weight is 407 g/mol. The topological polar surface area (TPSA) is 75.4 Å². The Kier molecular flexibility index (Phi) is 6.73. The maximum Gasteiger partial charge on any atom is 0.255 e. The van der Waals surface area contributed by atoms with Crippen LogP contribution in [0.15, 0.2) is 71.5 Å². The highest BCUT2D eigenvalue weighted by Crippen LogP contribution is 2.40. The van der Waals surface area contributed by atoms with Gasteiger partial charge in [-0.05, 0) is 40.4 Å². The van der Waals surface area contributed by atoms with Gasteiger partial charge in [0.15, 0.2) is 0 Å². The second-order valence-electron chi connectivity index (χ2n) is 8.81. The van der Waals surface area contributed by atoms with E-state index in [9.17, 15) is 10.0 Å². The van der Waals surface area contributed by atoms with Crippen molar-refractivity contribution in [2.75, 3.05) is 0 Å². The van der Waals surface area contributed by atoms with Gasteiger partial charge in [-0.2, -0.15) is 0 Å². The lowest BCUT2D eigenvalue weighted by Crippen LogP contribution is -2.28. The SMILES string of the molecule is CC(c1ccc(C(C)(C)C)cc1)C(CC(C(=O)NO)c1ncco1)c1ccccc1. The number of hydrogen-bond acceptors (Lipinski definition) is 4. The summed E-state index contributed by atoms with van der Waals surface area (Å²) >= 11 is 0. The number of hydroxylamine groups is 1. The Morgan fingerprint density at radius 3 is 2.27 bits per heavy atom. The third-order valence-corrected chi connectivity index (χ3v) is 5.80. The maximum atomic E-state index is 12.4. The van der Waals surface area contributed by atoms with Gasteiger partial charge in [-0.1, -0.05) is 82.3 Å². The summed E-state index contributed by atoms with van der Waals surface area (Å²) in [6, 6.07) is 18.9. The van der Waals surface area contributed by atoms with Crippen molar-refractivity contribution in [1.29, 1.82) is 0 Å². The summed E-state index contributed by atoms with van der Waals surface area (Å²) in [7, 11) is 0. The van der Waals surface area contributed by atoms with Crippen LogP contribution in [0.3, 0.4) is 0 Å². The summed E-state index contributed by atoms with van der Waals surface area (Å²) < 4.78 is 5.41. The Morgan fingerprint density at radius 2 is 1.73 bits per heavy atom. The van der Waals surface area contributed by atoms with Gasteiger partial charge in [0.05, 0.1) is 6.20 Å². The molecule has 1 amide bonds. The number of hydrogen-bond donors (Lipinski definition) is 2. The Morgan fingerprint density at radius 1 is 1.07 bits per heavy atom. The summed E-state index contributed by atoms with van der Waals surface area (Å²) in [4.78, 5) is 16.6. The molecule has 0 spiro atoms.